The smallest absolute Gasteiger partial charge is 0.321 e. The van der Waals surface area contributed by atoms with Crippen LogP contribution >= 0.6 is 0 Å². The second kappa shape index (κ2) is 8.90. The molecular weight excluding hydrogens is 408 g/mol. The molecule has 0 aliphatic rings. The molecule has 0 aromatic heterocycles. The molecule has 0 heterocycles. The quantitative estimate of drug-likeness (QED) is 0.307. The van der Waals surface area contributed by atoms with Gasteiger partial charge in [0, 0.05) is 0 Å². The summed E-state index contributed by atoms with van der Waals surface area (Å²) in [5.41, 5.74) is -0.702. The minimum atomic E-state index is -4.89. The lowest BCUT2D eigenvalue weighted by atomic mass is 10.5. The molecule has 5 nitrogen and oxygen atoms in total. The summed E-state index contributed by atoms with van der Waals surface area (Å²) in [4.78, 5) is 13.3. The van der Waals surface area contributed by atoms with Gasteiger partial charge in [-0.3, -0.25) is 9.35 Å². The van der Waals surface area contributed by atoms with Crippen molar-refractivity contribution in [2.45, 2.75) is 120 Å². The molecule has 0 aromatic carbocycles. The van der Waals surface area contributed by atoms with Crippen LogP contribution in [0.4, 0.5) is 0 Å². The van der Waals surface area contributed by atoms with E-state index >= 15 is 0 Å². The molecule has 0 bridgehead atoms. The molecule has 0 atom stereocenters. The fourth-order valence-electron chi connectivity index (χ4n) is 7.74. The van der Waals surface area contributed by atoms with Crippen LogP contribution < -0.4 is 0 Å². The largest absolute Gasteiger partial charge is 0.480 e. The van der Waals surface area contributed by atoms with Gasteiger partial charge in [-0.15, -0.1) is 0 Å². The van der Waals surface area contributed by atoms with Crippen LogP contribution in [0.25, 0.3) is 0 Å². The van der Waals surface area contributed by atoms with E-state index in [0.717, 1.165) is 0 Å². The van der Waals surface area contributed by atoms with Crippen LogP contribution in [0.15, 0.2) is 0 Å². The average Bonchev–Trinajstić information content (AvgIpc) is 2.42. The normalized spacial score (nSPS) is 15.0. The highest BCUT2D eigenvalue weighted by molar-refractivity contribution is 7.93. The monoisotopic (exact) mass is 452 g/mol. The van der Waals surface area contributed by atoms with Gasteiger partial charge in [0.2, 0.25) is 0 Å². The summed E-state index contributed by atoms with van der Waals surface area (Å²) in [6.07, 6.45) is 0. The molecule has 0 saturated carbocycles. The zero-order valence-corrected chi connectivity index (χ0v) is 22.8. The van der Waals surface area contributed by atoms with E-state index in [1.165, 1.54) is 0 Å². The lowest BCUT2D eigenvalue weighted by Gasteiger charge is -2.63. The molecule has 0 fully saturated rings. The predicted octanol–water partition coefficient (Wildman–Crippen LogP) is 6.13. The van der Waals surface area contributed by atoms with Crippen LogP contribution in [0.1, 0.15) is 83.1 Å². The van der Waals surface area contributed by atoms with Crippen LogP contribution in [-0.4, -0.2) is 44.2 Å². The van der Waals surface area contributed by atoms with Crippen molar-refractivity contribution < 1.29 is 22.9 Å². The highest BCUT2D eigenvalue weighted by atomic mass is 32.2. The molecule has 0 rings (SSSR count). The Balaban J connectivity index is 8.32. The number of carboxylic acid groups (broad SMARTS) is 1. The molecule has 0 saturated heterocycles. The van der Waals surface area contributed by atoms with E-state index in [4.69, 9.17) is 0 Å². The highest BCUT2D eigenvalue weighted by Crippen LogP contribution is 2.62. The van der Waals surface area contributed by atoms with Crippen molar-refractivity contribution in [3.63, 3.8) is 0 Å². The van der Waals surface area contributed by atoms with E-state index < -0.39 is 36.2 Å². The van der Waals surface area contributed by atoms with Gasteiger partial charge in [-0.25, -0.2) is 0 Å². The first kappa shape index (κ1) is 27.8. The zero-order valence-electron chi connectivity index (χ0n) is 20.0. The van der Waals surface area contributed by atoms with Crippen molar-refractivity contribution in [2.24, 2.45) is 0 Å². The standard InChI is InChI=1S/C20H44O5SSi2/c1-13(2)27(14(3)4,15(5)6)20(19(21)22,26(23,24)25)28(16(7)8,17(9)10)18(11)12/h13-18H,1-12H3,(H,21,22)(H,23,24,25). The molecule has 0 aliphatic heterocycles. The van der Waals surface area contributed by atoms with Crippen molar-refractivity contribution in [3.05, 3.63) is 0 Å². The highest BCUT2D eigenvalue weighted by Gasteiger charge is 2.80. The minimum absolute atomic E-state index is 0.117. The van der Waals surface area contributed by atoms with Gasteiger partial charge in [0.25, 0.3) is 10.1 Å². The molecule has 0 radical (unpaired) electrons. The van der Waals surface area contributed by atoms with Crippen molar-refractivity contribution >= 4 is 32.2 Å². The Labute approximate surface area is 175 Å². The fraction of sp³-hybridized carbons (Fsp3) is 0.950. The Morgan fingerprint density at radius 3 is 0.893 bits per heavy atom. The molecule has 0 aromatic rings. The van der Waals surface area contributed by atoms with Crippen molar-refractivity contribution in [3.8, 4) is 0 Å². The lowest BCUT2D eigenvalue weighted by Crippen LogP contribution is -2.84. The topological polar surface area (TPSA) is 91.7 Å². The van der Waals surface area contributed by atoms with Gasteiger partial charge in [-0.05, 0) is 33.2 Å². The number of hydrogen-bond donors (Lipinski definition) is 2. The summed E-state index contributed by atoms with van der Waals surface area (Å²) in [5, 5.41) is 10.9. The van der Waals surface area contributed by atoms with Crippen molar-refractivity contribution in [2.75, 3.05) is 0 Å². The molecule has 168 valence electrons. The van der Waals surface area contributed by atoms with Gasteiger partial charge in [-0.1, -0.05) is 83.1 Å². The summed E-state index contributed by atoms with van der Waals surface area (Å²) in [5.74, 6) is -1.32. The summed E-state index contributed by atoms with van der Waals surface area (Å²) in [7, 11) is -11.3. The lowest BCUT2D eigenvalue weighted by molar-refractivity contribution is -0.136. The first-order valence-corrected chi connectivity index (χ1v) is 16.5. The second-order valence-electron chi connectivity index (χ2n) is 10.3. The Bertz CT molecular complexity index is 576. The zero-order chi connectivity index (χ0) is 23.0. The number of rotatable bonds is 10. The maximum atomic E-state index is 13.5. The minimum Gasteiger partial charge on any atom is -0.480 e. The summed E-state index contributed by atoms with van der Waals surface area (Å²) < 4.78 is 35.8. The maximum absolute atomic E-state index is 13.5. The Morgan fingerprint density at radius 1 is 0.643 bits per heavy atom. The summed E-state index contributed by atoms with van der Waals surface area (Å²) in [6.45, 7) is 23.6. The van der Waals surface area contributed by atoms with Gasteiger partial charge in [0.1, 0.15) is 0 Å². The number of hydrogen-bond acceptors (Lipinski definition) is 3. The van der Waals surface area contributed by atoms with E-state index in [1.54, 1.807) is 0 Å². The van der Waals surface area contributed by atoms with Crippen LogP contribution in [0.5, 0.6) is 0 Å². The first-order chi connectivity index (χ1) is 12.4. The number of carbonyl (C=O) groups is 1. The van der Waals surface area contributed by atoms with Gasteiger partial charge in [0.05, 0.1) is 16.1 Å². The Morgan fingerprint density at radius 2 is 0.821 bits per heavy atom. The second-order valence-corrected chi connectivity index (χ2v) is 25.2. The van der Waals surface area contributed by atoms with Crippen LogP contribution in [0.3, 0.4) is 0 Å². The third kappa shape index (κ3) is 3.36. The van der Waals surface area contributed by atoms with Crippen molar-refractivity contribution in [1.82, 2.24) is 0 Å². The van der Waals surface area contributed by atoms with E-state index in [-0.39, 0.29) is 33.2 Å². The van der Waals surface area contributed by atoms with E-state index in [1.807, 2.05) is 83.1 Å². The van der Waals surface area contributed by atoms with Gasteiger partial charge < -0.3 is 5.11 Å². The SMILES string of the molecule is CC(C)[Si](C(C)C)(C(C)C)C(C(=O)O)([Si](C(C)C)(C(C)C)C(C)C)S(=O)(=O)O. The van der Waals surface area contributed by atoms with Gasteiger partial charge in [-0.2, -0.15) is 8.42 Å². The number of carboxylic acids is 1. The maximum Gasteiger partial charge on any atom is 0.321 e. The molecule has 28 heavy (non-hydrogen) atoms. The molecule has 2 N–H and O–H groups in total. The molecule has 0 aliphatic carbocycles. The van der Waals surface area contributed by atoms with Crippen LogP contribution in [-0.2, 0) is 14.9 Å². The molecule has 0 spiro atoms. The fourth-order valence-corrected chi connectivity index (χ4v) is 37.6. The van der Waals surface area contributed by atoms with Gasteiger partial charge >= 0.3 is 5.97 Å². The van der Waals surface area contributed by atoms with E-state index in [9.17, 15) is 22.9 Å². The average molecular weight is 453 g/mol. The molecule has 0 amide bonds. The van der Waals surface area contributed by atoms with Crippen LogP contribution in [0.2, 0.25) is 33.2 Å². The van der Waals surface area contributed by atoms with Gasteiger partial charge in [0.15, 0.2) is 3.99 Å². The predicted molar refractivity (Wildman–Crippen MR) is 124 cm³/mol. The third-order valence-electron chi connectivity index (χ3n) is 7.64. The third-order valence-corrected chi connectivity index (χ3v) is 29.2. The molecule has 8 heteroatoms. The molecule has 0 unspecified atom stereocenters. The summed E-state index contributed by atoms with van der Waals surface area (Å²) in [6, 6.07) is 0. The van der Waals surface area contributed by atoms with E-state index in [2.05, 4.69) is 0 Å². The van der Waals surface area contributed by atoms with E-state index in [0.29, 0.717) is 0 Å². The molecular formula is C20H44O5SSi2. The first-order valence-electron chi connectivity index (χ1n) is 10.6. The van der Waals surface area contributed by atoms with Crippen LogP contribution in [0, 0.1) is 0 Å². The Hall–Kier alpha value is -0.186. The number of aliphatic carboxylic acids is 1. The summed E-state index contributed by atoms with van der Waals surface area (Å²) >= 11 is 0. The van der Waals surface area contributed by atoms with Crippen molar-refractivity contribution in [1.29, 1.82) is 0 Å². The Kier molecular flexibility index (Phi) is 8.84.